The third-order valence-corrected chi connectivity index (χ3v) is 6.23. The third-order valence-electron chi connectivity index (χ3n) is 2.93. The molecule has 0 radical (unpaired) electrons. The standard InChI is InChI=1S/C12H16BrN3O2S2/c1-2-16-8-10(5-9(16)6-14)20(17,18)15-7-12-11(13)3-4-19-12/h3-5,8,15H,2,6-7,14H2,1H3. The van der Waals surface area contributed by atoms with Gasteiger partial charge in [-0.25, -0.2) is 13.1 Å². The Bertz CT molecular complexity index is 670. The van der Waals surface area contributed by atoms with Crippen LogP contribution in [-0.4, -0.2) is 13.0 Å². The molecule has 0 fully saturated rings. The Kier molecular flexibility index (Phi) is 5.03. The third kappa shape index (κ3) is 3.32. The molecule has 0 saturated carbocycles. The number of nitrogens with zero attached hydrogens (tertiary/aromatic N) is 1. The van der Waals surface area contributed by atoms with E-state index in [4.69, 9.17) is 5.73 Å². The molecule has 20 heavy (non-hydrogen) atoms. The Balaban J connectivity index is 2.18. The molecule has 2 rings (SSSR count). The van der Waals surface area contributed by atoms with Gasteiger partial charge in [0.15, 0.2) is 0 Å². The summed E-state index contributed by atoms with van der Waals surface area (Å²) in [6.45, 7) is 3.24. The molecule has 0 aromatic carbocycles. The Labute approximate surface area is 131 Å². The predicted molar refractivity (Wildman–Crippen MR) is 84.0 cm³/mol. The van der Waals surface area contributed by atoms with Crippen molar-refractivity contribution in [1.29, 1.82) is 0 Å². The zero-order valence-corrected chi connectivity index (χ0v) is 14.2. The fraction of sp³-hybridized carbons (Fsp3) is 0.333. The Morgan fingerprint density at radius 3 is 2.75 bits per heavy atom. The second-order valence-electron chi connectivity index (χ2n) is 4.17. The van der Waals surface area contributed by atoms with Crippen molar-refractivity contribution in [3.05, 3.63) is 38.8 Å². The topological polar surface area (TPSA) is 77.1 Å². The summed E-state index contributed by atoms with van der Waals surface area (Å²) in [5, 5.41) is 1.91. The molecule has 0 aliphatic carbocycles. The Morgan fingerprint density at radius 1 is 1.50 bits per heavy atom. The van der Waals surface area contributed by atoms with Crippen LogP contribution in [0.3, 0.4) is 0 Å². The van der Waals surface area contributed by atoms with Crippen LogP contribution in [0.2, 0.25) is 0 Å². The van der Waals surface area contributed by atoms with Crippen molar-refractivity contribution >= 4 is 37.3 Å². The minimum Gasteiger partial charge on any atom is -0.349 e. The molecule has 110 valence electrons. The lowest BCUT2D eigenvalue weighted by atomic mass is 10.4. The van der Waals surface area contributed by atoms with Crippen LogP contribution in [0, 0.1) is 0 Å². The summed E-state index contributed by atoms with van der Waals surface area (Å²) in [6, 6.07) is 3.52. The zero-order valence-electron chi connectivity index (χ0n) is 11.0. The highest BCUT2D eigenvalue weighted by Gasteiger charge is 2.18. The molecule has 2 aromatic heterocycles. The molecule has 0 aliphatic heterocycles. The highest BCUT2D eigenvalue weighted by molar-refractivity contribution is 9.10. The summed E-state index contributed by atoms with van der Waals surface area (Å²) in [5.41, 5.74) is 6.42. The van der Waals surface area contributed by atoms with E-state index in [1.165, 1.54) is 11.3 Å². The van der Waals surface area contributed by atoms with E-state index in [1.807, 2.05) is 22.9 Å². The molecule has 0 aliphatic rings. The van der Waals surface area contributed by atoms with Gasteiger partial charge in [-0.15, -0.1) is 11.3 Å². The van der Waals surface area contributed by atoms with Gasteiger partial charge in [-0.2, -0.15) is 0 Å². The van der Waals surface area contributed by atoms with Crippen molar-refractivity contribution in [2.24, 2.45) is 5.73 Å². The molecule has 0 amide bonds. The van der Waals surface area contributed by atoms with Crippen molar-refractivity contribution in [3.8, 4) is 0 Å². The maximum atomic E-state index is 12.3. The van der Waals surface area contributed by atoms with E-state index < -0.39 is 10.0 Å². The number of hydrogen-bond acceptors (Lipinski definition) is 4. The average molecular weight is 378 g/mol. The molecule has 2 aromatic rings. The lowest BCUT2D eigenvalue weighted by molar-refractivity contribution is 0.581. The summed E-state index contributed by atoms with van der Waals surface area (Å²) in [5.74, 6) is 0. The average Bonchev–Trinajstić information content (AvgIpc) is 3.02. The van der Waals surface area contributed by atoms with Gasteiger partial charge in [0.2, 0.25) is 10.0 Å². The maximum absolute atomic E-state index is 12.3. The van der Waals surface area contributed by atoms with Crippen LogP contribution < -0.4 is 10.5 Å². The minimum atomic E-state index is -3.52. The summed E-state index contributed by atoms with van der Waals surface area (Å²) >= 11 is 4.89. The molecular weight excluding hydrogens is 362 g/mol. The van der Waals surface area contributed by atoms with E-state index in [2.05, 4.69) is 20.7 Å². The van der Waals surface area contributed by atoms with Gasteiger partial charge in [0, 0.05) is 40.9 Å². The summed E-state index contributed by atoms with van der Waals surface area (Å²) in [7, 11) is -3.52. The van der Waals surface area contributed by atoms with Crippen LogP contribution in [0.4, 0.5) is 0 Å². The SMILES string of the molecule is CCn1cc(S(=O)(=O)NCc2sccc2Br)cc1CN. The van der Waals surface area contributed by atoms with Crippen LogP contribution >= 0.6 is 27.3 Å². The van der Waals surface area contributed by atoms with Crippen LogP contribution in [0.5, 0.6) is 0 Å². The number of hydrogen-bond donors (Lipinski definition) is 2. The van der Waals surface area contributed by atoms with Crippen LogP contribution in [-0.2, 0) is 29.7 Å². The van der Waals surface area contributed by atoms with E-state index >= 15 is 0 Å². The number of aromatic nitrogens is 1. The van der Waals surface area contributed by atoms with Crippen molar-refractivity contribution in [2.45, 2.75) is 31.5 Å². The number of nitrogens with two attached hydrogens (primary N) is 1. The van der Waals surface area contributed by atoms with Gasteiger partial charge in [-0.05, 0) is 40.4 Å². The van der Waals surface area contributed by atoms with Gasteiger partial charge >= 0.3 is 0 Å². The molecule has 5 nitrogen and oxygen atoms in total. The smallest absolute Gasteiger partial charge is 0.242 e. The van der Waals surface area contributed by atoms with E-state index in [1.54, 1.807) is 12.3 Å². The summed E-state index contributed by atoms with van der Waals surface area (Å²) in [6.07, 6.45) is 1.62. The maximum Gasteiger partial charge on any atom is 0.242 e. The van der Waals surface area contributed by atoms with Gasteiger partial charge in [0.1, 0.15) is 0 Å². The second-order valence-corrected chi connectivity index (χ2v) is 7.80. The molecule has 0 atom stereocenters. The van der Waals surface area contributed by atoms with Gasteiger partial charge in [-0.3, -0.25) is 0 Å². The Morgan fingerprint density at radius 2 is 2.25 bits per heavy atom. The lowest BCUT2D eigenvalue weighted by Crippen LogP contribution is -2.22. The van der Waals surface area contributed by atoms with Gasteiger partial charge in [0.05, 0.1) is 4.90 Å². The molecule has 2 heterocycles. The normalized spacial score (nSPS) is 11.9. The van der Waals surface area contributed by atoms with Gasteiger partial charge in [0.25, 0.3) is 0 Å². The molecule has 3 N–H and O–H groups in total. The summed E-state index contributed by atoms with van der Waals surface area (Å²) in [4.78, 5) is 1.20. The van der Waals surface area contributed by atoms with E-state index in [9.17, 15) is 8.42 Å². The minimum absolute atomic E-state index is 0.257. The fourth-order valence-electron chi connectivity index (χ4n) is 1.83. The number of thiophene rings is 1. The molecule has 0 unspecified atom stereocenters. The van der Waals surface area contributed by atoms with E-state index in [0.29, 0.717) is 13.1 Å². The highest BCUT2D eigenvalue weighted by atomic mass is 79.9. The highest BCUT2D eigenvalue weighted by Crippen LogP contribution is 2.23. The largest absolute Gasteiger partial charge is 0.349 e. The summed E-state index contributed by atoms with van der Waals surface area (Å²) < 4.78 is 29.9. The molecule has 0 saturated heterocycles. The first-order valence-electron chi connectivity index (χ1n) is 6.08. The first-order valence-corrected chi connectivity index (χ1v) is 9.24. The van der Waals surface area contributed by atoms with E-state index in [-0.39, 0.29) is 11.4 Å². The van der Waals surface area contributed by atoms with Crippen molar-refractivity contribution in [3.63, 3.8) is 0 Å². The molecule has 8 heteroatoms. The number of rotatable bonds is 6. The van der Waals surface area contributed by atoms with Crippen molar-refractivity contribution < 1.29 is 8.42 Å². The molecular formula is C12H16BrN3O2S2. The zero-order chi connectivity index (χ0) is 14.8. The lowest BCUT2D eigenvalue weighted by Gasteiger charge is -2.04. The number of sulfonamides is 1. The fourth-order valence-corrected chi connectivity index (χ4v) is 4.42. The van der Waals surface area contributed by atoms with Crippen molar-refractivity contribution in [1.82, 2.24) is 9.29 Å². The quantitative estimate of drug-likeness (QED) is 0.810. The van der Waals surface area contributed by atoms with Gasteiger partial charge < -0.3 is 10.3 Å². The first kappa shape index (κ1) is 15.7. The first-order chi connectivity index (χ1) is 9.47. The predicted octanol–water partition coefficient (Wildman–Crippen LogP) is 2.27. The van der Waals surface area contributed by atoms with Crippen LogP contribution in [0.15, 0.2) is 33.1 Å². The molecule has 0 bridgehead atoms. The Hall–Kier alpha value is -0.670. The molecule has 0 spiro atoms. The number of halogens is 1. The number of aryl methyl sites for hydroxylation is 1. The van der Waals surface area contributed by atoms with Crippen LogP contribution in [0.1, 0.15) is 17.5 Å². The van der Waals surface area contributed by atoms with E-state index in [0.717, 1.165) is 15.0 Å². The van der Waals surface area contributed by atoms with Gasteiger partial charge in [-0.1, -0.05) is 0 Å². The van der Waals surface area contributed by atoms with Crippen molar-refractivity contribution in [2.75, 3.05) is 0 Å². The monoisotopic (exact) mass is 377 g/mol. The van der Waals surface area contributed by atoms with Crippen LogP contribution in [0.25, 0.3) is 0 Å². The number of nitrogens with one attached hydrogen (secondary N) is 1. The second kappa shape index (κ2) is 6.40.